The molecule has 38 heavy (non-hydrogen) atoms. The van der Waals surface area contributed by atoms with E-state index < -0.39 is 54.1 Å². The van der Waals surface area contributed by atoms with Gasteiger partial charge in [0, 0.05) is 7.05 Å². The predicted octanol–water partition coefficient (Wildman–Crippen LogP) is 0.226. The van der Waals surface area contributed by atoms with Crippen LogP contribution in [0.25, 0.3) is 0 Å². The number of rotatable bonds is 6. The highest BCUT2D eigenvalue weighted by atomic mass is 19.1. The van der Waals surface area contributed by atoms with Crippen LogP contribution in [0.5, 0.6) is 11.5 Å². The van der Waals surface area contributed by atoms with Gasteiger partial charge < -0.3 is 35.4 Å². The number of aliphatic hydroxyl groups is 1. The smallest absolute Gasteiger partial charge is 0.255 e. The quantitative estimate of drug-likeness (QED) is 0.391. The van der Waals surface area contributed by atoms with Crippen LogP contribution >= 0.6 is 0 Å². The lowest BCUT2D eigenvalue weighted by Crippen LogP contribution is -2.55. The molecule has 12 heteroatoms. The SMILES string of the molecule is C[C@@H](O)[C@@H]1NC(=O)C[C@@H](C(=O)NCCOc2ccc(F)cc2)NC(=O)c2ccccc2OCCN(C)C1=O. The van der Waals surface area contributed by atoms with Gasteiger partial charge in [-0.1, -0.05) is 12.1 Å². The number of nitrogens with one attached hydrogen (secondary N) is 3. The van der Waals surface area contributed by atoms with Crippen LogP contribution in [-0.2, 0) is 14.4 Å². The number of hydrogen-bond acceptors (Lipinski definition) is 7. The minimum absolute atomic E-state index is 0.0312. The third-order valence-corrected chi connectivity index (χ3v) is 5.75. The summed E-state index contributed by atoms with van der Waals surface area (Å²) in [5.74, 6) is -2.32. The van der Waals surface area contributed by atoms with E-state index >= 15 is 0 Å². The number of carbonyl (C=O) groups excluding carboxylic acids is 4. The van der Waals surface area contributed by atoms with Gasteiger partial charge in [0.2, 0.25) is 17.7 Å². The van der Waals surface area contributed by atoms with Crippen molar-refractivity contribution < 1.29 is 38.1 Å². The number of likely N-dealkylation sites (N-methyl/N-ethyl adjacent to an activating group) is 1. The molecule has 0 saturated heterocycles. The van der Waals surface area contributed by atoms with E-state index in [-0.39, 0.29) is 37.6 Å². The van der Waals surface area contributed by atoms with Crippen molar-refractivity contribution in [2.24, 2.45) is 0 Å². The summed E-state index contributed by atoms with van der Waals surface area (Å²) in [7, 11) is 1.50. The molecule has 0 radical (unpaired) electrons. The van der Waals surface area contributed by atoms with Crippen molar-refractivity contribution in [1.29, 1.82) is 0 Å². The summed E-state index contributed by atoms with van der Waals surface area (Å²) in [5.41, 5.74) is 0.151. The van der Waals surface area contributed by atoms with Crippen LogP contribution in [0.3, 0.4) is 0 Å². The molecule has 3 atom stereocenters. The van der Waals surface area contributed by atoms with E-state index in [0.717, 1.165) is 0 Å². The van der Waals surface area contributed by atoms with E-state index in [1.165, 1.54) is 49.2 Å². The number of amides is 4. The number of carbonyl (C=O) groups is 4. The van der Waals surface area contributed by atoms with Gasteiger partial charge in [-0.05, 0) is 43.3 Å². The van der Waals surface area contributed by atoms with Gasteiger partial charge in [0.15, 0.2) is 0 Å². The van der Waals surface area contributed by atoms with Crippen LogP contribution in [-0.4, -0.2) is 85.2 Å². The highest BCUT2D eigenvalue weighted by Gasteiger charge is 2.31. The predicted molar refractivity (Wildman–Crippen MR) is 134 cm³/mol. The molecule has 3 rings (SSSR count). The lowest BCUT2D eigenvalue weighted by molar-refractivity contribution is -0.139. The second-order valence-electron chi connectivity index (χ2n) is 8.71. The molecule has 2 aromatic rings. The fourth-order valence-corrected chi connectivity index (χ4v) is 3.67. The summed E-state index contributed by atoms with van der Waals surface area (Å²) in [6.07, 6.45) is -1.71. The highest BCUT2D eigenvalue weighted by molar-refractivity contribution is 6.01. The van der Waals surface area contributed by atoms with Crippen LogP contribution in [0.2, 0.25) is 0 Å². The van der Waals surface area contributed by atoms with Crippen LogP contribution in [0.15, 0.2) is 48.5 Å². The largest absolute Gasteiger partial charge is 0.492 e. The summed E-state index contributed by atoms with van der Waals surface area (Å²) < 4.78 is 24.2. The fourth-order valence-electron chi connectivity index (χ4n) is 3.67. The number of aliphatic hydroxyl groups excluding tert-OH is 1. The Hall–Kier alpha value is -4.19. The van der Waals surface area contributed by atoms with E-state index in [1.54, 1.807) is 18.2 Å². The molecule has 1 aliphatic heterocycles. The van der Waals surface area contributed by atoms with E-state index in [1.807, 2.05) is 0 Å². The minimum Gasteiger partial charge on any atom is -0.492 e. The average Bonchev–Trinajstić information content (AvgIpc) is 2.89. The zero-order valence-electron chi connectivity index (χ0n) is 21.1. The van der Waals surface area contributed by atoms with Gasteiger partial charge in [-0.3, -0.25) is 19.2 Å². The van der Waals surface area contributed by atoms with E-state index in [2.05, 4.69) is 16.0 Å². The Labute approximate surface area is 219 Å². The molecule has 204 valence electrons. The molecule has 4 amide bonds. The zero-order valence-corrected chi connectivity index (χ0v) is 21.1. The summed E-state index contributed by atoms with van der Waals surface area (Å²) in [4.78, 5) is 53.0. The van der Waals surface area contributed by atoms with Crippen molar-refractivity contribution in [2.45, 2.75) is 31.5 Å². The van der Waals surface area contributed by atoms with Gasteiger partial charge in [-0.15, -0.1) is 0 Å². The Morgan fingerprint density at radius 3 is 2.61 bits per heavy atom. The standard InChI is InChI=1S/C26H31FN4O7/c1-16(32)23-26(36)31(2)12-14-38-21-6-4-3-5-19(21)24(34)29-20(15-22(33)30-23)25(35)28-11-13-37-18-9-7-17(27)8-10-18/h3-10,16,20,23,32H,11-15H2,1-2H3,(H,28,35)(H,29,34)(H,30,33)/t16-,20+,23+/m1/s1. The second kappa shape index (κ2) is 13.4. The van der Waals surface area contributed by atoms with Gasteiger partial charge >= 0.3 is 0 Å². The molecule has 0 bridgehead atoms. The first kappa shape index (κ1) is 28.4. The van der Waals surface area contributed by atoms with Gasteiger partial charge in [0.05, 0.1) is 31.2 Å². The van der Waals surface area contributed by atoms with Crippen molar-refractivity contribution in [3.63, 3.8) is 0 Å². The molecule has 0 saturated carbocycles. The fraction of sp³-hybridized carbons (Fsp3) is 0.385. The van der Waals surface area contributed by atoms with Crippen LogP contribution in [0, 0.1) is 5.82 Å². The van der Waals surface area contributed by atoms with Crippen molar-refractivity contribution in [1.82, 2.24) is 20.9 Å². The monoisotopic (exact) mass is 530 g/mol. The number of benzene rings is 2. The number of halogens is 1. The van der Waals surface area contributed by atoms with E-state index in [0.29, 0.717) is 5.75 Å². The van der Waals surface area contributed by atoms with Gasteiger partial charge in [0.1, 0.15) is 42.6 Å². The first-order chi connectivity index (χ1) is 18.2. The molecule has 11 nitrogen and oxygen atoms in total. The molecule has 4 N–H and O–H groups in total. The molecule has 0 fully saturated rings. The third-order valence-electron chi connectivity index (χ3n) is 5.75. The summed E-state index contributed by atoms with van der Waals surface area (Å²) in [5, 5.41) is 17.7. The van der Waals surface area contributed by atoms with E-state index in [9.17, 15) is 28.7 Å². The summed E-state index contributed by atoms with van der Waals surface area (Å²) in [6.45, 7) is 1.62. The average molecular weight is 531 g/mol. The van der Waals surface area contributed by atoms with Crippen molar-refractivity contribution >= 4 is 23.6 Å². The Balaban J connectivity index is 1.76. The van der Waals surface area contributed by atoms with Gasteiger partial charge in [0.25, 0.3) is 5.91 Å². The van der Waals surface area contributed by atoms with Gasteiger partial charge in [-0.2, -0.15) is 0 Å². The summed E-state index contributed by atoms with van der Waals surface area (Å²) >= 11 is 0. The Morgan fingerprint density at radius 2 is 1.89 bits per heavy atom. The molecule has 0 unspecified atom stereocenters. The minimum atomic E-state index is -1.31. The Morgan fingerprint density at radius 1 is 1.18 bits per heavy atom. The number of nitrogens with zero attached hydrogens (tertiary/aromatic N) is 1. The maximum Gasteiger partial charge on any atom is 0.255 e. The molecule has 0 spiro atoms. The normalized spacial score (nSPS) is 19.7. The molecular formula is C26H31FN4O7. The maximum atomic E-state index is 13.1. The number of para-hydroxylation sites is 1. The number of hydrogen-bond donors (Lipinski definition) is 4. The van der Waals surface area contributed by atoms with E-state index in [4.69, 9.17) is 9.47 Å². The lowest BCUT2D eigenvalue weighted by atomic mass is 10.1. The first-order valence-electron chi connectivity index (χ1n) is 12.1. The third kappa shape index (κ3) is 7.90. The molecule has 2 aromatic carbocycles. The molecule has 0 aromatic heterocycles. The summed E-state index contributed by atoms with van der Waals surface area (Å²) in [6, 6.07) is 9.18. The van der Waals surface area contributed by atoms with Crippen molar-refractivity contribution in [3.8, 4) is 11.5 Å². The molecule has 0 aliphatic carbocycles. The van der Waals surface area contributed by atoms with Crippen LogP contribution < -0.4 is 25.4 Å². The second-order valence-corrected chi connectivity index (χ2v) is 8.71. The number of fused-ring (bicyclic) bond motifs is 1. The van der Waals surface area contributed by atoms with Crippen molar-refractivity contribution in [2.75, 3.05) is 33.4 Å². The van der Waals surface area contributed by atoms with Gasteiger partial charge in [-0.25, -0.2) is 4.39 Å². The Bertz CT molecular complexity index is 1140. The Kier molecular flexibility index (Phi) is 9.99. The first-order valence-corrected chi connectivity index (χ1v) is 12.1. The highest BCUT2D eigenvalue weighted by Crippen LogP contribution is 2.18. The zero-order chi connectivity index (χ0) is 27.7. The number of ether oxygens (including phenoxy) is 2. The molecule has 1 aliphatic rings. The molecular weight excluding hydrogens is 499 g/mol. The van der Waals surface area contributed by atoms with Crippen LogP contribution in [0.4, 0.5) is 4.39 Å². The van der Waals surface area contributed by atoms with Crippen molar-refractivity contribution in [3.05, 3.63) is 59.9 Å². The molecule has 1 heterocycles. The lowest BCUT2D eigenvalue weighted by Gasteiger charge is -2.28. The van der Waals surface area contributed by atoms with Crippen LogP contribution in [0.1, 0.15) is 23.7 Å². The maximum absolute atomic E-state index is 13.1. The topological polar surface area (TPSA) is 146 Å².